The molecule has 86 valence electrons. The Morgan fingerprint density at radius 2 is 1.94 bits per heavy atom. The molecule has 2 rings (SSSR count). The molecule has 0 bridgehead atoms. The topological polar surface area (TPSA) is 74.6 Å². The van der Waals surface area contributed by atoms with Gasteiger partial charge in [-0.1, -0.05) is 17.7 Å². The van der Waals surface area contributed by atoms with Gasteiger partial charge >= 0.3 is 7.12 Å². The highest BCUT2D eigenvalue weighted by molar-refractivity contribution is 7.92. The summed E-state index contributed by atoms with van der Waals surface area (Å²) >= 11 is 5.83. The fraction of sp³-hybridized carbons (Fsp3) is 0.333. The van der Waals surface area contributed by atoms with Gasteiger partial charge in [0, 0.05) is 0 Å². The van der Waals surface area contributed by atoms with Crippen LogP contribution in [0.1, 0.15) is 12.8 Å². The van der Waals surface area contributed by atoms with E-state index in [0.29, 0.717) is 12.8 Å². The van der Waals surface area contributed by atoms with E-state index in [-0.39, 0.29) is 20.6 Å². The Balaban J connectivity index is 2.43. The van der Waals surface area contributed by atoms with Crippen molar-refractivity contribution in [2.45, 2.75) is 23.0 Å². The van der Waals surface area contributed by atoms with E-state index in [9.17, 15) is 8.42 Å². The van der Waals surface area contributed by atoms with Crippen LogP contribution in [0.15, 0.2) is 23.1 Å². The molecule has 0 atom stereocenters. The summed E-state index contributed by atoms with van der Waals surface area (Å²) in [5.41, 5.74) is 0.180. The summed E-state index contributed by atoms with van der Waals surface area (Å²) in [5, 5.41) is 17.5. The van der Waals surface area contributed by atoms with E-state index in [1.165, 1.54) is 18.2 Å². The average Bonchev–Trinajstić information content (AvgIpc) is 2.99. The van der Waals surface area contributed by atoms with E-state index < -0.39 is 17.0 Å². The van der Waals surface area contributed by atoms with Crippen LogP contribution in [0, 0.1) is 0 Å². The fourth-order valence-corrected chi connectivity index (χ4v) is 3.68. The van der Waals surface area contributed by atoms with Gasteiger partial charge in [-0.3, -0.25) is 0 Å². The molecule has 0 aliphatic heterocycles. The van der Waals surface area contributed by atoms with Crippen LogP contribution < -0.4 is 5.46 Å². The standard InChI is InChI=1S/C9H10BClO4S/c11-8-5-6(10(12)13)1-4-9(8)16(14,15)7-2-3-7/h1,4-5,7,12-13H,2-3H2. The molecule has 16 heavy (non-hydrogen) atoms. The number of hydrogen-bond donors (Lipinski definition) is 2. The van der Waals surface area contributed by atoms with Crippen LogP contribution >= 0.6 is 11.6 Å². The van der Waals surface area contributed by atoms with Gasteiger partial charge in [0.2, 0.25) is 0 Å². The number of sulfone groups is 1. The molecule has 7 heteroatoms. The van der Waals surface area contributed by atoms with Crippen molar-refractivity contribution in [3.05, 3.63) is 23.2 Å². The Hall–Kier alpha value is -0.555. The Morgan fingerprint density at radius 3 is 2.38 bits per heavy atom. The van der Waals surface area contributed by atoms with Crippen LogP contribution in [0.3, 0.4) is 0 Å². The van der Waals surface area contributed by atoms with Gasteiger partial charge in [-0.25, -0.2) is 8.42 Å². The summed E-state index contributed by atoms with van der Waals surface area (Å²) in [6.45, 7) is 0. The normalized spacial score (nSPS) is 16.2. The molecule has 0 unspecified atom stereocenters. The highest BCUT2D eigenvalue weighted by atomic mass is 35.5. The first kappa shape index (κ1) is 11.9. The zero-order valence-electron chi connectivity index (χ0n) is 8.30. The maximum absolute atomic E-state index is 11.9. The van der Waals surface area contributed by atoms with Crippen molar-refractivity contribution in [2.24, 2.45) is 0 Å². The lowest BCUT2D eigenvalue weighted by molar-refractivity contribution is 0.425. The number of hydrogen-bond acceptors (Lipinski definition) is 4. The SMILES string of the molecule is O=S(=O)(c1ccc(B(O)O)cc1Cl)C1CC1. The van der Waals surface area contributed by atoms with E-state index >= 15 is 0 Å². The third-order valence-electron chi connectivity index (χ3n) is 2.52. The maximum Gasteiger partial charge on any atom is 0.488 e. The predicted octanol–water partition coefficient (Wildman–Crippen LogP) is -0.0441. The summed E-state index contributed by atoms with van der Waals surface area (Å²) in [6.07, 6.45) is 1.34. The van der Waals surface area contributed by atoms with E-state index in [1.807, 2.05) is 0 Å². The smallest absolute Gasteiger partial charge is 0.423 e. The van der Waals surface area contributed by atoms with Crippen molar-refractivity contribution in [1.29, 1.82) is 0 Å². The highest BCUT2D eigenvalue weighted by Gasteiger charge is 2.38. The largest absolute Gasteiger partial charge is 0.488 e. The second kappa shape index (κ2) is 4.03. The van der Waals surface area contributed by atoms with Crippen LogP contribution in [0.4, 0.5) is 0 Å². The molecular formula is C9H10BClO4S. The number of halogens is 1. The van der Waals surface area contributed by atoms with Gasteiger partial charge in [0.1, 0.15) is 0 Å². The van der Waals surface area contributed by atoms with Crippen molar-refractivity contribution in [3.63, 3.8) is 0 Å². The van der Waals surface area contributed by atoms with E-state index in [0.717, 1.165) is 0 Å². The first-order valence-electron chi connectivity index (χ1n) is 4.82. The Kier molecular flexibility index (Phi) is 3.00. The molecule has 2 N–H and O–H groups in total. The average molecular weight is 261 g/mol. The zero-order valence-corrected chi connectivity index (χ0v) is 9.87. The molecule has 1 aromatic rings. The van der Waals surface area contributed by atoms with Gasteiger partial charge in [-0.2, -0.15) is 0 Å². The Morgan fingerprint density at radius 1 is 1.31 bits per heavy atom. The first-order valence-corrected chi connectivity index (χ1v) is 6.75. The van der Waals surface area contributed by atoms with Gasteiger partial charge in [0.05, 0.1) is 15.2 Å². The molecule has 0 amide bonds. The van der Waals surface area contributed by atoms with Gasteiger partial charge in [-0.05, 0) is 30.4 Å². The van der Waals surface area contributed by atoms with E-state index in [4.69, 9.17) is 21.6 Å². The Bertz CT molecular complexity index is 510. The lowest BCUT2D eigenvalue weighted by atomic mass is 9.80. The van der Waals surface area contributed by atoms with Crippen molar-refractivity contribution in [2.75, 3.05) is 0 Å². The van der Waals surface area contributed by atoms with Gasteiger partial charge in [-0.15, -0.1) is 0 Å². The first-order chi connectivity index (χ1) is 7.43. The molecule has 0 radical (unpaired) electrons. The minimum absolute atomic E-state index is 0.0394. The molecule has 0 heterocycles. The van der Waals surface area contributed by atoms with Crippen LogP contribution in [-0.4, -0.2) is 30.8 Å². The second-order valence-electron chi connectivity index (χ2n) is 3.81. The predicted molar refractivity (Wildman–Crippen MR) is 61.5 cm³/mol. The van der Waals surface area contributed by atoms with Crippen molar-refractivity contribution in [3.8, 4) is 0 Å². The van der Waals surface area contributed by atoms with Crippen molar-refractivity contribution < 1.29 is 18.5 Å². The fourth-order valence-electron chi connectivity index (χ4n) is 1.47. The molecule has 0 saturated heterocycles. The summed E-state index contributed by atoms with van der Waals surface area (Å²) in [4.78, 5) is 0.0704. The molecular weight excluding hydrogens is 250 g/mol. The maximum atomic E-state index is 11.9. The molecule has 1 saturated carbocycles. The Labute approximate surface area is 98.9 Å². The number of benzene rings is 1. The molecule has 0 aromatic heterocycles. The van der Waals surface area contributed by atoms with E-state index in [2.05, 4.69) is 0 Å². The monoisotopic (exact) mass is 260 g/mol. The van der Waals surface area contributed by atoms with Crippen LogP contribution in [0.5, 0.6) is 0 Å². The lowest BCUT2D eigenvalue weighted by Crippen LogP contribution is -2.30. The molecule has 4 nitrogen and oxygen atoms in total. The van der Waals surface area contributed by atoms with Crippen LogP contribution in [0.25, 0.3) is 0 Å². The third-order valence-corrected chi connectivity index (χ3v) is 5.27. The second-order valence-corrected chi connectivity index (χ2v) is 6.41. The molecule has 0 spiro atoms. The number of rotatable bonds is 3. The zero-order chi connectivity index (χ0) is 11.9. The molecule has 1 aliphatic rings. The molecule has 1 fully saturated rings. The quantitative estimate of drug-likeness (QED) is 0.748. The summed E-state index contributed by atoms with van der Waals surface area (Å²) in [6, 6.07) is 3.94. The van der Waals surface area contributed by atoms with Crippen LogP contribution in [-0.2, 0) is 9.84 Å². The molecule has 1 aliphatic carbocycles. The van der Waals surface area contributed by atoms with Crippen LogP contribution in [0.2, 0.25) is 5.02 Å². The third kappa shape index (κ3) is 2.11. The minimum Gasteiger partial charge on any atom is -0.423 e. The van der Waals surface area contributed by atoms with Gasteiger partial charge < -0.3 is 10.0 Å². The lowest BCUT2D eigenvalue weighted by Gasteiger charge is -2.07. The summed E-state index contributed by atoms with van der Waals surface area (Å²) in [5.74, 6) is 0. The van der Waals surface area contributed by atoms with Gasteiger partial charge in [0.25, 0.3) is 0 Å². The molecule has 1 aromatic carbocycles. The van der Waals surface area contributed by atoms with E-state index in [1.54, 1.807) is 0 Å². The van der Waals surface area contributed by atoms with Crippen molar-refractivity contribution >= 4 is 34.0 Å². The highest BCUT2D eigenvalue weighted by Crippen LogP contribution is 2.35. The minimum atomic E-state index is -3.33. The van der Waals surface area contributed by atoms with Crippen molar-refractivity contribution in [1.82, 2.24) is 0 Å². The summed E-state index contributed by atoms with van der Waals surface area (Å²) in [7, 11) is -4.98. The van der Waals surface area contributed by atoms with Gasteiger partial charge in [0.15, 0.2) is 9.84 Å². The summed E-state index contributed by atoms with van der Waals surface area (Å²) < 4.78 is 23.8.